The molecule has 0 unspecified atom stereocenters. The maximum Gasteiger partial charge on any atom is 0.271 e. The molecule has 196 valence electrons. The van der Waals surface area contributed by atoms with Crippen LogP contribution < -0.4 is 10.3 Å². The second-order valence-electron chi connectivity index (χ2n) is 10.4. The Balaban J connectivity index is 1.43. The summed E-state index contributed by atoms with van der Waals surface area (Å²) in [6, 6.07) is 24.2. The first kappa shape index (κ1) is 24.4. The van der Waals surface area contributed by atoms with Crippen molar-refractivity contribution in [3.05, 3.63) is 130 Å². The molecule has 3 aliphatic carbocycles. The van der Waals surface area contributed by atoms with E-state index in [0.29, 0.717) is 16.3 Å². The van der Waals surface area contributed by atoms with Crippen LogP contribution in [0.1, 0.15) is 44.1 Å². The summed E-state index contributed by atoms with van der Waals surface area (Å²) in [5, 5.41) is 4.88. The third-order valence-electron chi connectivity index (χ3n) is 8.47. The minimum absolute atomic E-state index is 0.257. The number of imide groups is 1. The number of benzene rings is 3. The minimum atomic E-state index is -1.08. The van der Waals surface area contributed by atoms with Gasteiger partial charge >= 0.3 is 0 Å². The van der Waals surface area contributed by atoms with E-state index in [2.05, 4.69) is 15.5 Å². The van der Waals surface area contributed by atoms with Gasteiger partial charge in [0, 0.05) is 35.1 Å². The van der Waals surface area contributed by atoms with Crippen LogP contribution in [0.25, 0.3) is 0 Å². The number of amides is 3. The second kappa shape index (κ2) is 8.96. The van der Waals surface area contributed by atoms with Crippen molar-refractivity contribution in [2.75, 3.05) is 4.90 Å². The predicted molar refractivity (Wildman–Crippen MR) is 151 cm³/mol. The number of pyridine rings is 1. The minimum Gasteiger partial charge on any atom is -0.274 e. The van der Waals surface area contributed by atoms with Crippen molar-refractivity contribution in [1.29, 1.82) is 0 Å². The van der Waals surface area contributed by atoms with E-state index in [9.17, 15) is 14.4 Å². The zero-order chi connectivity index (χ0) is 27.6. The summed E-state index contributed by atoms with van der Waals surface area (Å²) < 4.78 is 0. The van der Waals surface area contributed by atoms with Gasteiger partial charge in [-0.25, -0.2) is 10.3 Å². The molecule has 0 spiro atoms. The van der Waals surface area contributed by atoms with Crippen molar-refractivity contribution in [2.45, 2.75) is 18.3 Å². The normalized spacial score (nSPS) is 24.1. The van der Waals surface area contributed by atoms with Crippen LogP contribution >= 0.6 is 11.6 Å². The molecule has 3 amide bonds. The number of halogens is 1. The van der Waals surface area contributed by atoms with Gasteiger partial charge in [0.25, 0.3) is 5.91 Å². The van der Waals surface area contributed by atoms with Crippen LogP contribution in [0.4, 0.5) is 5.69 Å². The molecule has 2 bridgehead atoms. The summed E-state index contributed by atoms with van der Waals surface area (Å²) in [5.74, 6) is -2.65. The fraction of sp³-hybridized carbons (Fsp3) is 0.156. The highest BCUT2D eigenvalue weighted by atomic mass is 35.5. The van der Waals surface area contributed by atoms with E-state index in [4.69, 9.17) is 11.6 Å². The van der Waals surface area contributed by atoms with Crippen molar-refractivity contribution >= 4 is 41.2 Å². The zero-order valence-corrected chi connectivity index (χ0v) is 22.2. The van der Waals surface area contributed by atoms with Gasteiger partial charge in [-0.1, -0.05) is 66.2 Å². The number of hydrogen-bond donors (Lipinski definition) is 1. The Morgan fingerprint density at radius 2 is 1.60 bits per heavy atom. The van der Waals surface area contributed by atoms with E-state index in [-0.39, 0.29) is 17.7 Å². The van der Waals surface area contributed by atoms with E-state index in [1.54, 1.807) is 30.5 Å². The van der Waals surface area contributed by atoms with Crippen LogP contribution in [0.5, 0.6) is 0 Å². The highest BCUT2D eigenvalue weighted by Crippen LogP contribution is 2.63. The molecule has 4 aromatic rings. The van der Waals surface area contributed by atoms with E-state index < -0.39 is 23.2 Å². The summed E-state index contributed by atoms with van der Waals surface area (Å²) in [6.45, 7) is 1.86. The first-order chi connectivity index (χ1) is 19.4. The molecule has 1 aromatic heterocycles. The molecule has 2 heterocycles. The lowest BCUT2D eigenvalue weighted by atomic mass is 9.47. The third-order valence-corrected chi connectivity index (χ3v) is 8.71. The number of nitrogens with one attached hydrogen (secondary N) is 1. The highest BCUT2D eigenvalue weighted by Gasteiger charge is 2.68. The Morgan fingerprint density at radius 3 is 2.27 bits per heavy atom. The molecule has 3 aromatic carbocycles. The van der Waals surface area contributed by atoms with Gasteiger partial charge in [0.05, 0.1) is 22.9 Å². The Hall–Kier alpha value is -4.62. The first-order valence-electron chi connectivity index (χ1n) is 13.0. The Labute approximate surface area is 235 Å². The molecule has 8 heteroatoms. The van der Waals surface area contributed by atoms with Gasteiger partial charge in [-0.05, 0) is 59.0 Å². The molecule has 1 N–H and O–H groups in total. The van der Waals surface area contributed by atoms with Crippen LogP contribution in [0.3, 0.4) is 0 Å². The number of nitrogens with zero attached hydrogens (tertiary/aromatic N) is 3. The molecule has 1 fully saturated rings. The lowest BCUT2D eigenvalue weighted by Crippen LogP contribution is -2.54. The number of aryl methyl sites for hydroxylation is 1. The van der Waals surface area contributed by atoms with Crippen molar-refractivity contribution < 1.29 is 14.4 Å². The molecular weight excluding hydrogens is 524 g/mol. The fourth-order valence-electron chi connectivity index (χ4n) is 6.87. The molecule has 8 rings (SSSR count). The lowest BCUT2D eigenvalue weighted by Gasteiger charge is -2.52. The third kappa shape index (κ3) is 3.27. The van der Waals surface area contributed by atoms with Gasteiger partial charge in [0.2, 0.25) is 11.8 Å². The topological polar surface area (TPSA) is 91.7 Å². The standard InChI is InChI=1S/C32H23ClN4O3/c1-18-10-11-20(33)16-25(18)37-30(39)27-26-21-6-2-4-8-23(21)32(28(27)31(37)40,24-9-5-3-7-22(24)26)17-35-36-29(38)19-12-14-34-15-13-19/h2-17,26-28H,1H3,(H,36,38)/b35-17-/t26?,27-,28-,32?/m1/s1. The molecule has 2 atom stereocenters. The molecule has 0 saturated carbocycles. The van der Waals surface area contributed by atoms with Gasteiger partial charge in [-0.3, -0.25) is 19.4 Å². The second-order valence-corrected chi connectivity index (χ2v) is 10.8. The summed E-state index contributed by atoms with van der Waals surface area (Å²) in [7, 11) is 0. The SMILES string of the molecule is Cc1ccc(Cl)cc1N1C(=O)[C@@H]2C3c4ccccc4C(/C=N\NC(=O)c4ccncc4)(c4ccccc43)[C@H]2C1=O. The Bertz CT molecular complexity index is 1700. The van der Waals surface area contributed by atoms with Gasteiger partial charge in [0.15, 0.2) is 0 Å². The Morgan fingerprint density at radius 1 is 0.950 bits per heavy atom. The van der Waals surface area contributed by atoms with Crippen LogP contribution in [0, 0.1) is 18.8 Å². The average molecular weight is 547 g/mol. The monoisotopic (exact) mass is 546 g/mol. The van der Waals surface area contributed by atoms with E-state index in [0.717, 1.165) is 27.8 Å². The maximum absolute atomic E-state index is 14.5. The van der Waals surface area contributed by atoms with Crippen LogP contribution in [-0.2, 0) is 15.0 Å². The quantitative estimate of drug-likeness (QED) is 0.221. The molecule has 1 aliphatic heterocycles. The molecule has 4 aliphatic rings. The first-order valence-corrected chi connectivity index (χ1v) is 13.4. The number of hydrazone groups is 1. The molecular formula is C32H23ClN4O3. The smallest absolute Gasteiger partial charge is 0.271 e. The van der Waals surface area contributed by atoms with Gasteiger partial charge in [-0.15, -0.1) is 0 Å². The maximum atomic E-state index is 14.5. The van der Waals surface area contributed by atoms with Gasteiger partial charge < -0.3 is 0 Å². The van der Waals surface area contributed by atoms with E-state index >= 15 is 0 Å². The lowest BCUT2D eigenvalue weighted by molar-refractivity contribution is -0.122. The van der Waals surface area contributed by atoms with Crippen molar-refractivity contribution in [2.24, 2.45) is 16.9 Å². The highest BCUT2D eigenvalue weighted by molar-refractivity contribution is 6.31. The Kier molecular flexibility index (Phi) is 5.47. The number of aromatic nitrogens is 1. The molecule has 7 nitrogen and oxygen atoms in total. The number of carbonyl (C=O) groups is 3. The zero-order valence-electron chi connectivity index (χ0n) is 21.4. The predicted octanol–water partition coefficient (Wildman–Crippen LogP) is 5.01. The molecule has 1 saturated heterocycles. The summed E-state index contributed by atoms with van der Waals surface area (Å²) in [4.78, 5) is 46.8. The fourth-order valence-corrected chi connectivity index (χ4v) is 7.04. The largest absolute Gasteiger partial charge is 0.274 e. The van der Waals surface area contributed by atoms with Crippen molar-refractivity contribution in [3.63, 3.8) is 0 Å². The van der Waals surface area contributed by atoms with Crippen LogP contribution in [0.2, 0.25) is 5.02 Å². The summed E-state index contributed by atoms with van der Waals surface area (Å²) in [5.41, 5.74) is 7.01. The van der Waals surface area contributed by atoms with Gasteiger partial charge in [0.1, 0.15) is 0 Å². The average Bonchev–Trinajstić information content (AvgIpc) is 3.25. The summed E-state index contributed by atoms with van der Waals surface area (Å²) in [6.07, 6.45) is 4.72. The number of anilines is 1. The van der Waals surface area contributed by atoms with E-state index in [1.165, 1.54) is 17.3 Å². The van der Waals surface area contributed by atoms with Crippen molar-refractivity contribution in [3.8, 4) is 0 Å². The number of hydrogen-bond acceptors (Lipinski definition) is 5. The number of rotatable bonds is 4. The molecule has 40 heavy (non-hydrogen) atoms. The summed E-state index contributed by atoms with van der Waals surface area (Å²) >= 11 is 6.32. The number of carbonyl (C=O) groups excluding carboxylic acids is 3. The van der Waals surface area contributed by atoms with Crippen LogP contribution in [-0.4, -0.2) is 28.9 Å². The van der Waals surface area contributed by atoms with Crippen LogP contribution in [0.15, 0.2) is 96.4 Å². The van der Waals surface area contributed by atoms with E-state index in [1.807, 2.05) is 61.5 Å². The van der Waals surface area contributed by atoms with Crippen molar-refractivity contribution in [1.82, 2.24) is 10.4 Å². The molecule has 0 radical (unpaired) electrons. The van der Waals surface area contributed by atoms with Gasteiger partial charge in [-0.2, -0.15) is 5.10 Å².